The zero-order valence-electron chi connectivity index (χ0n) is 14.6. The summed E-state index contributed by atoms with van der Waals surface area (Å²) in [6.07, 6.45) is 3.13. The Hall–Kier alpha value is -4.01. The minimum absolute atomic E-state index is 0.0846. The van der Waals surface area contributed by atoms with Crippen LogP contribution in [-0.2, 0) is 6.54 Å². The van der Waals surface area contributed by atoms with Gasteiger partial charge in [0.05, 0.1) is 23.7 Å². The molecule has 0 saturated carbocycles. The van der Waals surface area contributed by atoms with E-state index < -0.39 is 0 Å². The van der Waals surface area contributed by atoms with Crippen LogP contribution >= 0.6 is 0 Å². The molecule has 1 aliphatic heterocycles. The fraction of sp³-hybridized carbons (Fsp3) is 0.105. The fourth-order valence-corrected chi connectivity index (χ4v) is 3.36. The van der Waals surface area contributed by atoms with Gasteiger partial charge in [0, 0.05) is 13.1 Å². The average molecular weight is 374 g/mol. The number of hydrogen-bond acceptors (Lipinski definition) is 7. The van der Waals surface area contributed by atoms with E-state index in [1.807, 2.05) is 0 Å². The largest absolute Gasteiger partial charge is 0.463 e. The van der Waals surface area contributed by atoms with Crippen molar-refractivity contribution in [3.8, 4) is 11.5 Å². The van der Waals surface area contributed by atoms with E-state index in [1.54, 1.807) is 53.6 Å². The lowest BCUT2D eigenvalue weighted by Gasteiger charge is -2.14. The summed E-state index contributed by atoms with van der Waals surface area (Å²) >= 11 is 0. The molecule has 9 heteroatoms. The van der Waals surface area contributed by atoms with Gasteiger partial charge >= 0.3 is 0 Å². The molecular weight excluding hydrogens is 360 g/mol. The molecule has 5 rings (SSSR count). The normalized spacial score (nSPS) is 13.5. The maximum absolute atomic E-state index is 12.5. The molecule has 0 fully saturated rings. The van der Waals surface area contributed by atoms with Crippen LogP contribution in [0.3, 0.4) is 0 Å². The van der Waals surface area contributed by atoms with Crippen LogP contribution in [0.15, 0.2) is 53.4 Å². The first kappa shape index (κ1) is 16.2. The van der Waals surface area contributed by atoms with Gasteiger partial charge < -0.3 is 14.7 Å². The molecule has 138 valence electrons. The molecule has 1 aromatic carbocycles. The van der Waals surface area contributed by atoms with E-state index in [1.165, 1.54) is 4.90 Å². The van der Waals surface area contributed by atoms with Crippen molar-refractivity contribution in [2.24, 2.45) is 0 Å². The lowest BCUT2D eigenvalue weighted by atomic mass is 10.1. The van der Waals surface area contributed by atoms with Crippen LogP contribution in [-0.4, -0.2) is 42.8 Å². The number of furan rings is 1. The Labute approximate surface area is 158 Å². The van der Waals surface area contributed by atoms with Gasteiger partial charge in [-0.05, 0) is 24.3 Å². The van der Waals surface area contributed by atoms with Gasteiger partial charge in [0.2, 0.25) is 5.95 Å². The number of benzene rings is 1. The fourth-order valence-electron chi connectivity index (χ4n) is 3.36. The maximum atomic E-state index is 12.5. The van der Waals surface area contributed by atoms with E-state index >= 15 is 0 Å². The summed E-state index contributed by atoms with van der Waals surface area (Å²) in [5.41, 5.74) is 8.24. The number of aromatic nitrogens is 4. The van der Waals surface area contributed by atoms with Crippen LogP contribution in [0.5, 0.6) is 0 Å². The molecular formula is C19H14N6O3. The third-order valence-electron chi connectivity index (χ3n) is 4.68. The van der Waals surface area contributed by atoms with Crippen molar-refractivity contribution in [3.05, 3.63) is 60.1 Å². The number of fused-ring (bicyclic) bond motifs is 2. The first-order valence-electron chi connectivity index (χ1n) is 8.61. The highest BCUT2D eigenvalue weighted by atomic mass is 16.3. The Morgan fingerprint density at radius 1 is 0.964 bits per heavy atom. The van der Waals surface area contributed by atoms with Gasteiger partial charge in [0.1, 0.15) is 11.2 Å². The van der Waals surface area contributed by atoms with Crippen molar-refractivity contribution >= 4 is 28.9 Å². The van der Waals surface area contributed by atoms with Crippen LogP contribution in [0, 0.1) is 0 Å². The molecule has 4 heterocycles. The van der Waals surface area contributed by atoms with Crippen molar-refractivity contribution in [2.75, 3.05) is 12.3 Å². The van der Waals surface area contributed by atoms with Gasteiger partial charge in [-0.25, -0.2) is 9.97 Å². The van der Waals surface area contributed by atoms with Crippen molar-refractivity contribution in [1.29, 1.82) is 0 Å². The van der Waals surface area contributed by atoms with Gasteiger partial charge in [-0.15, -0.1) is 0 Å². The number of imide groups is 1. The van der Waals surface area contributed by atoms with E-state index in [4.69, 9.17) is 10.2 Å². The Kier molecular flexibility index (Phi) is 3.48. The average Bonchev–Trinajstić information content (AvgIpc) is 3.41. The molecule has 0 bridgehead atoms. The summed E-state index contributed by atoms with van der Waals surface area (Å²) in [6.45, 7) is 0.522. The number of imidazole rings is 1. The minimum atomic E-state index is -0.296. The van der Waals surface area contributed by atoms with Crippen LogP contribution in [0.2, 0.25) is 0 Å². The first-order valence-corrected chi connectivity index (χ1v) is 8.61. The number of nitrogens with zero attached hydrogens (tertiary/aromatic N) is 5. The summed E-state index contributed by atoms with van der Waals surface area (Å²) in [4.78, 5) is 39.1. The summed E-state index contributed by atoms with van der Waals surface area (Å²) in [5, 5.41) is 0. The molecule has 0 spiro atoms. The Bertz CT molecular complexity index is 1190. The standard InChI is InChI=1S/C19H14N6O3/c20-19-22-14(13-6-3-9-28-13)15-16(23-19)24(10-21-15)7-8-25-17(26)11-4-1-2-5-12(11)18(25)27/h1-6,9-10H,7-8H2,(H2,20,22,23). The lowest BCUT2D eigenvalue weighted by Crippen LogP contribution is -2.32. The molecule has 9 nitrogen and oxygen atoms in total. The summed E-state index contributed by atoms with van der Waals surface area (Å²) in [6, 6.07) is 10.3. The van der Waals surface area contributed by atoms with E-state index in [-0.39, 0.29) is 24.3 Å². The molecule has 0 saturated heterocycles. The van der Waals surface area contributed by atoms with Crippen molar-refractivity contribution < 1.29 is 14.0 Å². The summed E-state index contributed by atoms with van der Waals surface area (Å²) in [5.74, 6) is 0.0250. The smallest absolute Gasteiger partial charge is 0.261 e. The molecule has 0 aliphatic carbocycles. The van der Waals surface area contributed by atoms with Crippen molar-refractivity contribution in [3.63, 3.8) is 0 Å². The lowest BCUT2D eigenvalue weighted by molar-refractivity contribution is 0.0649. The van der Waals surface area contributed by atoms with E-state index in [2.05, 4.69) is 15.0 Å². The number of anilines is 1. The number of carbonyl (C=O) groups is 2. The molecule has 1 aliphatic rings. The van der Waals surface area contributed by atoms with Gasteiger partial charge in [0.25, 0.3) is 11.8 Å². The quantitative estimate of drug-likeness (QED) is 0.542. The summed E-state index contributed by atoms with van der Waals surface area (Å²) < 4.78 is 7.14. The Morgan fingerprint density at radius 3 is 2.39 bits per heavy atom. The SMILES string of the molecule is Nc1nc(-c2ccco2)c2ncn(CCN3C(=O)c4ccccc4C3=O)c2n1. The van der Waals surface area contributed by atoms with Gasteiger partial charge in [-0.1, -0.05) is 12.1 Å². The molecule has 28 heavy (non-hydrogen) atoms. The number of carbonyl (C=O) groups excluding carboxylic acids is 2. The second kappa shape index (κ2) is 6.02. The zero-order valence-corrected chi connectivity index (χ0v) is 14.6. The highest BCUT2D eigenvalue weighted by Crippen LogP contribution is 2.27. The summed E-state index contributed by atoms with van der Waals surface area (Å²) in [7, 11) is 0. The van der Waals surface area contributed by atoms with E-state index in [9.17, 15) is 9.59 Å². The number of nitrogens with two attached hydrogens (primary N) is 1. The third kappa shape index (κ3) is 2.37. The topological polar surface area (TPSA) is 120 Å². The Balaban J connectivity index is 1.46. The van der Waals surface area contributed by atoms with Gasteiger partial charge in [0.15, 0.2) is 11.4 Å². The van der Waals surface area contributed by atoms with Crippen molar-refractivity contribution in [2.45, 2.75) is 6.54 Å². The second-order valence-electron chi connectivity index (χ2n) is 6.33. The van der Waals surface area contributed by atoms with Crippen LogP contribution in [0.4, 0.5) is 5.95 Å². The number of rotatable bonds is 4. The van der Waals surface area contributed by atoms with Crippen LogP contribution in [0.25, 0.3) is 22.6 Å². The predicted octanol–water partition coefficient (Wildman–Crippen LogP) is 1.96. The predicted molar refractivity (Wildman–Crippen MR) is 99.2 cm³/mol. The minimum Gasteiger partial charge on any atom is -0.463 e. The van der Waals surface area contributed by atoms with Crippen LogP contribution < -0.4 is 5.73 Å². The highest BCUT2D eigenvalue weighted by Gasteiger charge is 2.34. The number of hydrogen-bond donors (Lipinski definition) is 1. The van der Waals surface area contributed by atoms with Crippen molar-refractivity contribution in [1.82, 2.24) is 24.4 Å². The van der Waals surface area contributed by atoms with E-state index in [0.29, 0.717) is 40.3 Å². The first-order chi connectivity index (χ1) is 13.6. The molecule has 3 aromatic heterocycles. The van der Waals surface area contributed by atoms with Crippen LogP contribution in [0.1, 0.15) is 20.7 Å². The van der Waals surface area contributed by atoms with Gasteiger partial charge in [-0.2, -0.15) is 4.98 Å². The maximum Gasteiger partial charge on any atom is 0.261 e. The van der Waals surface area contributed by atoms with E-state index in [0.717, 1.165) is 0 Å². The molecule has 0 radical (unpaired) electrons. The zero-order chi connectivity index (χ0) is 19.3. The molecule has 0 atom stereocenters. The monoisotopic (exact) mass is 374 g/mol. The molecule has 2 amide bonds. The Morgan fingerprint density at radius 2 is 1.71 bits per heavy atom. The molecule has 0 unspecified atom stereocenters. The number of amides is 2. The second-order valence-corrected chi connectivity index (χ2v) is 6.33. The molecule has 2 N–H and O–H groups in total. The highest BCUT2D eigenvalue weighted by molar-refractivity contribution is 6.21. The third-order valence-corrected chi connectivity index (χ3v) is 4.68. The number of nitrogen functional groups attached to an aromatic ring is 1. The molecule has 4 aromatic rings. The van der Waals surface area contributed by atoms with Gasteiger partial charge in [-0.3, -0.25) is 14.5 Å².